The first kappa shape index (κ1) is 16.2. The van der Waals surface area contributed by atoms with Crippen molar-refractivity contribution in [1.29, 1.82) is 0 Å². The van der Waals surface area contributed by atoms with E-state index in [1.54, 1.807) is 24.3 Å². The van der Waals surface area contributed by atoms with Gasteiger partial charge in [-0.05, 0) is 25.0 Å². The van der Waals surface area contributed by atoms with E-state index in [0.717, 1.165) is 12.8 Å². The lowest BCUT2D eigenvalue weighted by molar-refractivity contribution is -0.115. The summed E-state index contributed by atoms with van der Waals surface area (Å²) >= 11 is 0. The number of esters is 1. The maximum atomic E-state index is 11.8. The average Bonchev–Trinajstić information content (AvgIpc) is 2.50. The molecule has 0 aliphatic rings. The fourth-order valence-electron chi connectivity index (χ4n) is 1.77. The first-order chi connectivity index (χ1) is 9.77. The molecule has 1 aromatic rings. The first-order valence-corrected chi connectivity index (χ1v) is 7.14. The van der Waals surface area contributed by atoms with Crippen molar-refractivity contribution in [1.82, 2.24) is 0 Å². The van der Waals surface area contributed by atoms with Crippen molar-refractivity contribution in [2.75, 3.05) is 0 Å². The molecule has 3 heteroatoms. The molecule has 0 aliphatic carbocycles. The first-order valence-electron chi connectivity index (χ1n) is 7.14. The van der Waals surface area contributed by atoms with Gasteiger partial charge in [-0.2, -0.15) is 0 Å². The zero-order valence-corrected chi connectivity index (χ0v) is 12.0. The molecule has 0 radical (unpaired) electrons. The van der Waals surface area contributed by atoms with Crippen molar-refractivity contribution in [2.45, 2.75) is 45.1 Å². The Bertz CT molecular complexity index is 423. The van der Waals surface area contributed by atoms with Crippen LogP contribution in [-0.4, -0.2) is 18.4 Å². The Morgan fingerprint density at radius 2 is 1.95 bits per heavy atom. The van der Waals surface area contributed by atoms with Crippen molar-refractivity contribution in [2.24, 2.45) is 0 Å². The maximum absolute atomic E-state index is 11.8. The molecule has 0 spiro atoms. The normalized spacial score (nSPS) is 12.2. The summed E-state index contributed by atoms with van der Waals surface area (Å²) in [7, 11) is 0. The Morgan fingerprint density at radius 1 is 1.20 bits per heavy atom. The molecule has 1 rings (SSSR count). The van der Waals surface area contributed by atoms with E-state index >= 15 is 0 Å². The van der Waals surface area contributed by atoms with Crippen molar-refractivity contribution >= 4 is 12.3 Å². The Balaban J connectivity index is 2.36. The summed E-state index contributed by atoms with van der Waals surface area (Å²) in [5.41, 5.74) is 0.464. The standard InChI is InChI=1S/C17H22O3/c1-2-3-4-5-6-10-13-16(14-18)20-17(19)15-11-8-7-9-12-15/h6-12,14,16H,2-5,13H2,1H3/t16-/m1/s1. The van der Waals surface area contributed by atoms with Crippen LogP contribution in [0.3, 0.4) is 0 Å². The molecule has 0 aliphatic heterocycles. The largest absolute Gasteiger partial charge is 0.451 e. The molecule has 0 amide bonds. The van der Waals surface area contributed by atoms with Gasteiger partial charge in [-0.3, -0.25) is 4.79 Å². The van der Waals surface area contributed by atoms with E-state index in [9.17, 15) is 9.59 Å². The van der Waals surface area contributed by atoms with E-state index in [1.165, 1.54) is 12.8 Å². The molecule has 0 saturated carbocycles. The quantitative estimate of drug-likeness (QED) is 0.296. The van der Waals surface area contributed by atoms with Crippen LogP contribution in [-0.2, 0) is 9.53 Å². The van der Waals surface area contributed by atoms with Crippen LogP contribution < -0.4 is 0 Å². The van der Waals surface area contributed by atoms with E-state index in [-0.39, 0.29) is 0 Å². The number of allylic oxidation sites excluding steroid dienone is 1. The lowest BCUT2D eigenvalue weighted by Crippen LogP contribution is -2.19. The van der Waals surface area contributed by atoms with Gasteiger partial charge in [0.05, 0.1) is 5.56 Å². The minimum Gasteiger partial charge on any atom is -0.451 e. The number of carbonyl (C=O) groups is 2. The highest BCUT2D eigenvalue weighted by Gasteiger charge is 2.13. The molecule has 0 saturated heterocycles. The molecular weight excluding hydrogens is 252 g/mol. The van der Waals surface area contributed by atoms with Gasteiger partial charge < -0.3 is 4.74 Å². The number of carbonyl (C=O) groups excluding carboxylic acids is 2. The van der Waals surface area contributed by atoms with Crippen LogP contribution in [0.25, 0.3) is 0 Å². The minimum absolute atomic E-state index is 0.439. The number of benzene rings is 1. The van der Waals surface area contributed by atoms with Gasteiger partial charge in [0.2, 0.25) is 0 Å². The molecule has 0 fully saturated rings. The van der Waals surface area contributed by atoms with Crippen LogP contribution in [0, 0.1) is 0 Å². The molecule has 1 atom stereocenters. The highest BCUT2D eigenvalue weighted by atomic mass is 16.5. The Labute approximate surface area is 120 Å². The average molecular weight is 274 g/mol. The number of hydrogen-bond acceptors (Lipinski definition) is 3. The molecule has 0 aromatic heterocycles. The van der Waals surface area contributed by atoms with Gasteiger partial charge in [0, 0.05) is 6.42 Å². The van der Waals surface area contributed by atoms with Crippen LogP contribution in [0.15, 0.2) is 42.5 Å². The van der Waals surface area contributed by atoms with Crippen LogP contribution >= 0.6 is 0 Å². The molecule has 20 heavy (non-hydrogen) atoms. The predicted octanol–water partition coefficient (Wildman–Crippen LogP) is 3.94. The topological polar surface area (TPSA) is 43.4 Å². The van der Waals surface area contributed by atoms with Crippen molar-refractivity contribution < 1.29 is 14.3 Å². The lowest BCUT2D eigenvalue weighted by Gasteiger charge is -2.09. The zero-order valence-electron chi connectivity index (χ0n) is 12.0. The van der Waals surface area contributed by atoms with Gasteiger partial charge >= 0.3 is 5.97 Å². The smallest absolute Gasteiger partial charge is 0.338 e. The Morgan fingerprint density at radius 3 is 2.60 bits per heavy atom. The van der Waals surface area contributed by atoms with Gasteiger partial charge in [-0.15, -0.1) is 0 Å². The number of unbranched alkanes of at least 4 members (excludes halogenated alkanes) is 3. The highest BCUT2D eigenvalue weighted by molar-refractivity contribution is 5.90. The van der Waals surface area contributed by atoms with Crippen LogP contribution in [0.4, 0.5) is 0 Å². The predicted molar refractivity (Wildman–Crippen MR) is 79.6 cm³/mol. The summed E-state index contributed by atoms with van der Waals surface area (Å²) in [5, 5.41) is 0. The lowest BCUT2D eigenvalue weighted by atomic mass is 10.1. The number of ether oxygens (including phenoxy) is 1. The third-order valence-electron chi connectivity index (χ3n) is 2.93. The van der Waals surface area contributed by atoms with Crippen LogP contribution in [0.2, 0.25) is 0 Å². The molecule has 0 heterocycles. The van der Waals surface area contributed by atoms with Gasteiger partial charge in [0.1, 0.15) is 0 Å². The minimum atomic E-state index is -0.704. The van der Waals surface area contributed by atoms with Crippen molar-refractivity contribution in [3.63, 3.8) is 0 Å². The molecule has 0 bridgehead atoms. The molecular formula is C17H22O3. The zero-order chi connectivity index (χ0) is 14.6. The second-order valence-electron chi connectivity index (χ2n) is 4.65. The van der Waals surface area contributed by atoms with Crippen LogP contribution in [0.1, 0.15) is 49.4 Å². The van der Waals surface area contributed by atoms with Gasteiger partial charge in [0.25, 0.3) is 0 Å². The van der Waals surface area contributed by atoms with E-state index in [2.05, 4.69) is 6.92 Å². The monoisotopic (exact) mass is 274 g/mol. The third kappa shape index (κ3) is 6.32. The van der Waals surface area contributed by atoms with E-state index in [1.807, 2.05) is 18.2 Å². The fourth-order valence-corrected chi connectivity index (χ4v) is 1.77. The Hall–Kier alpha value is -1.90. The van der Waals surface area contributed by atoms with Gasteiger partial charge in [-0.1, -0.05) is 50.1 Å². The summed E-state index contributed by atoms with van der Waals surface area (Å²) in [6.45, 7) is 2.16. The highest BCUT2D eigenvalue weighted by Crippen LogP contribution is 2.07. The molecule has 3 nitrogen and oxygen atoms in total. The summed E-state index contributed by atoms with van der Waals surface area (Å²) in [5.74, 6) is -0.456. The molecule has 0 unspecified atom stereocenters. The third-order valence-corrected chi connectivity index (χ3v) is 2.93. The summed E-state index contributed by atoms with van der Waals surface area (Å²) < 4.78 is 5.16. The molecule has 1 aromatic carbocycles. The van der Waals surface area contributed by atoms with Gasteiger partial charge in [-0.25, -0.2) is 4.79 Å². The second-order valence-corrected chi connectivity index (χ2v) is 4.65. The maximum Gasteiger partial charge on any atom is 0.338 e. The van der Waals surface area contributed by atoms with E-state index < -0.39 is 12.1 Å². The molecule has 108 valence electrons. The number of hydrogen-bond donors (Lipinski definition) is 0. The number of aldehydes is 1. The second kappa shape index (κ2) is 9.96. The van der Waals surface area contributed by atoms with E-state index in [0.29, 0.717) is 18.3 Å². The van der Waals surface area contributed by atoms with Gasteiger partial charge in [0.15, 0.2) is 12.4 Å². The van der Waals surface area contributed by atoms with Crippen molar-refractivity contribution in [3.8, 4) is 0 Å². The number of rotatable bonds is 9. The summed E-state index contributed by atoms with van der Waals surface area (Å²) in [4.78, 5) is 22.7. The Kier molecular flexibility index (Phi) is 8.04. The van der Waals surface area contributed by atoms with E-state index in [4.69, 9.17) is 4.74 Å². The SMILES string of the molecule is CCCCCC=CC[C@H](C=O)OC(=O)c1ccccc1. The molecule has 0 N–H and O–H groups in total. The summed E-state index contributed by atoms with van der Waals surface area (Å²) in [6, 6.07) is 8.70. The fraction of sp³-hybridized carbons (Fsp3) is 0.412. The van der Waals surface area contributed by atoms with Crippen molar-refractivity contribution in [3.05, 3.63) is 48.0 Å². The van der Waals surface area contributed by atoms with Crippen LogP contribution in [0.5, 0.6) is 0 Å². The summed E-state index contributed by atoms with van der Waals surface area (Å²) in [6.07, 6.45) is 8.93.